The quantitative estimate of drug-likeness (QED) is 0.424. The van der Waals surface area contributed by atoms with E-state index in [1.54, 1.807) is 0 Å². The number of rotatable bonds is 9. The van der Waals surface area contributed by atoms with Gasteiger partial charge in [0.15, 0.2) is 6.29 Å². The number of hydrogen-bond acceptors (Lipinski definition) is 2. The number of carbonyl (C=O) groups is 1. The third-order valence-corrected chi connectivity index (χ3v) is 5.35. The van der Waals surface area contributed by atoms with Crippen LogP contribution < -0.4 is 0 Å². The number of unbranched alkanes of at least 4 members (excludes halogenated alkanes) is 2. The van der Waals surface area contributed by atoms with Gasteiger partial charge in [0.05, 0.1) is 6.04 Å². The summed E-state index contributed by atoms with van der Waals surface area (Å²) in [5.74, 6) is 0. The van der Waals surface area contributed by atoms with E-state index in [0.29, 0.717) is 6.85 Å². The molecule has 0 aliphatic carbocycles. The zero-order chi connectivity index (χ0) is 17.7. The van der Waals surface area contributed by atoms with E-state index >= 15 is 0 Å². The van der Waals surface area contributed by atoms with Crippen LogP contribution in [0, 0.1) is 5.41 Å². The van der Waals surface area contributed by atoms with Crippen molar-refractivity contribution < 1.29 is 4.79 Å². The smallest absolute Gasteiger partial charge is 0.259 e. The molecular weight excluding hydrogens is 295 g/mol. The lowest BCUT2D eigenvalue weighted by Gasteiger charge is -2.29. The Bertz CT molecular complexity index is 580. The third-order valence-electron chi connectivity index (χ3n) is 5.35. The Morgan fingerprint density at radius 1 is 1.29 bits per heavy atom. The summed E-state index contributed by atoms with van der Waals surface area (Å²) in [7, 11) is 0. The summed E-state index contributed by atoms with van der Waals surface area (Å²) in [6.45, 7) is 11.6. The fourth-order valence-electron chi connectivity index (χ4n) is 4.12. The first-order valence-corrected chi connectivity index (χ1v) is 9.63. The first-order chi connectivity index (χ1) is 11.4. The molecule has 2 heterocycles. The van der Waals surface area contributed by atoms with Crippen molar-refractivity contribution in [3.8, 4) is 0 Å². The lowest BCUT2D eigenvalue weighted by atomic mass is 9.53. The minimum atomic E-state index is 0.0814. The summed E-state index contributed by atoms with van der Waals surface area (Å²) in [4.78, 5) is 16.6. The number of carbonyl (C=O) groups excluding carboxylic acids is 1. The maximum absolute atomic E-state index is 11.7. The summed E-state index contributed by atoms with van der Waals surface area (Å²) in [5.41, 5.74) is 3.25. The van der Waals surface area contributed by atoms with Crippen LogP contribution in [0.5, 0.6) is 0 Å². The molecule has 0 N–H and O–H groups in total. The monoisotopic (exact) mass is 328 g/mol. The summed E-state index contributed by atoms with van der Waals surface area (Å²) < 4.78 is 2.39. The van der Waals surface area contributed by atoms with Crippen LogP contribution >= 0.6 is 0 Å². The maximum atomic E-state index is 11.7. The average Bonchev–Trinajstić information content (AvgIpc) is 3.06. The van der Waals surface area contributed by atoms with E-state index in [1.807, 2.05) is 6.07 Å². The van der Waals surface area contributed by atoms with Crippen molar-refractivity contribution in [3.05, 3.63) is 23.5 Å². The highest BCUT2D eigenvalue weighted by molar-refractivity contribution is 6.57. The molecule has 4 heteroatoms. The maximum Gasteiger partial charge on any atom is 0.259 e. The zero-order valence-electron chi connectivity index (χ0n) is 16.1. The SMILES string of the molecule is CCCCB(CCCC)n1ccc(C=O)c1C1N=C(C)CC1(C)C. The molecular formula is C20H33BN2O. The molecule has 0 aromatic carbocycles. The lowest BCUT2D eigenvalue weighted by molar-refractivity contribution is 0.112. The summed E-state index contributed by atoms with van der Waals surface area (Å²) in [6, 6.07) is 2.09. The third kappa shape index (κ3) is 4.01. The summed E-state index contributed by atoms with van der Waals surface area (Å²) in [5, 5.41) is 0. The van der Waals surface area contributed by atoms with Crippen LogP contribution in [0.15, 0.2) is 17.3 Å². The molecule has 0 amide bonds. The minimum Gasteiger partial charge on any atom is -0.393 e. The van der Waals surface area contributed by atoms with Gasteiger partial charge >= 0.3 is 0 Å². The van der Waals surface area contributed by atoms with Gasteiger partial charge in [-0.05, 0) is 31.0 Å². The Kier molecular flexibility index (Phi) is 6.48. The summed E-state index contributed by atoms with van der Waals surface area (Å²) >= 11 is 0. The van der Waals surface area contributed by atoms with Gasteiger partial charge in [-0.3, -0.25) is 9.79 Å². The Morgan fingerprint density at radius 2 is 1.92 bits per heavy atom. The van der Waals surface area contributed by atoms with E-state index in [1.165, 1.54) is 44.0 Å². The molecule has 24 heavy (non-hydrogen) atoms. The second-order valence-electron chi connectivity index (χ2n) is 8.05. The molecule has 1 unspecified atom stereocenters. The van der Waals surface area contributed by atoms with Crippen LogP contribution in [0.2, 0.25) is 12.6 Å². The number of nitrogens with zero attached hydrogens (tertiary/aromatic N) is 2. The molecule has 0 saturated heterocycles. The predicted octanol–water partition coefficient (Wildman–Crippen LogP) is 5.67. The number of aliphatic imine (C=N–C) groups is 1. The molecule has 1 aliphatic heterocycles. The predicted molar refractivity (Wildman–Crippen MR) is 105 cm³/mol. The van der Waals surface area contributed by atoms with Gasteiger partial charge in [-0.2, -0.15) is 0 Å². The molecule has 3 nitrogen and oxygen atoms in total. The van der Waals surface area contributed by atoms with Gasteiger partial charge in [-0.25, -0.2) is 0 Å². The fourth-order valence-corrected chi connectivity index (χ4v) is 4.12. The Hall–Kier alpha value is -1.32. The van der Waals surface area contributed by atoms with E-state index in [9.17, 15) is 4.79 Å². The summed E-state index contributed by atoms with van der Waals surface area (Å²) in [6.07, 6.45) is 11.4. The van der Waals surface area contributed by atoms with Crippen molar-refractivity contribution in [2.75, 3.05) is 0 Å². The van der Waals surface area contributed by atoms with Gasteiger partial charge in [0, 0.05) is 17.0 Å². The molecule has 1 aliphatic rings. The first-order valence-electron chi connectivity index (χ1n) is 9.63. The minimum absolute atomic E-state index is 0.0814. The van der Waals surface area contributed by atoms with Crippen molar-refractivity contribution in [1.82, 2.24) is 4.48 Å². The van der Waals surface area contributed by atoms with E-state index in [4.69, 9.17) is 4.99 Å². The van der Waals surface area contributed by atoms with Gasteiger partial charge in [-0.1, -0.05) is 66.0 Å². The van der Waals surface area contributed by atoms with Crippen LogP contribution in [0.1, 0.15) is 88.8 Å². The second-order valence-corrected chi connectivity index (χ2v) is 8.05. The van der Waals surface area contributed by atoms with Gasteiger partial charge in [0.1, 0.15) is 0 Å². The van der Waals surface area contributed by atoms with Crippen LogP contribution in [-0.4, -0.2) is 23.3 Å². The zero-order valence-corrected chi connectivity index (χ0v) is 16.1. The number of aromatic nitrogens is 1. The van der Waals surface area contributed by atoms with Crippen molar-refractivity contribution >= 4 is 18.8 Å². The van der Waals surface area contributed by atoms with Gasteiger partial charge in [-0.15, -0.1) is 0 Å². The van der Waals surface area contributed by atoms with Crippen molar-refractivity contribution in [1.29, 1.82) is 0 Å². The Morgan fingerprint density at radius 3 is 2.38 bits per heavy atom. The first kappa shape index (κ1) is 19.0. The van der Waals surface area contributed by atoms with Gasteiger partial charge < -0.3 is 4.48 Å². The fraction of sp³-hybridized carbons (Fsp3) is 0.700. The molecule has 132 valence electrons. The van der Waals surface area contributed by atoms with Crippen molar-refractivity contribution in [2.24, 2.45) is 10.4 Å². The van der Waals surface area contributed by atoms with E-state index in [2.05, 4.69) is 45.3 Å². The highest BCUT2D eigenvalue weighted by Gasteiger charge is 2.39. The molecule has 0 fully saturated rings. The molecule has 2 rings (SSSR count). The standard InChI is InChI=1S/C20H33BN2O/c1-6-8-11-21(12-9-7-2)23-13-10-17(15-24)18(23)19-20(4,5)14-16(3)22-19/h10,13,15,19H,6-9,11-12,14H2,1-5H3. The molecule has 0 saturated carbocycles. The van der Waals surface area contributed by atoms with Gasteiger partial charge in [0.25, 0.3) is 6.85 Å². The molecule has 1 atom stereocenters. The van der Waals surface area contributed by atoms with Crippen LogP contribution in [0.25, 0.3) is 0 Å². The van der Waals surface area contributed by atoms with Crippen molar-refractivity contribution in [2.45, 2.75) is 85.4 Å². The van der Waals surface area contributed by atoms with E-state index in [-0.39, 0.29) is 11.5 Å². The largest absolute Gasteiger partial charge is 0.393 e. The lowest BCUT2D eigenvalue weighted by Crippen LogP contribution is -2.29. The Balaban J connectivity index is 2.43. The van der Waals surface area contributed by atoms with Crippen LogP contribution in [0.4, 0.5) is 0 Å². The normalized spacial score (nSPS) is 19.4. The highest BCUT2D eigenvalue weighted by atomic mass is 16.1. The second kappa shape index (κ2) is 8.18. The van der Waals surface area contributed by atoms with Crippen LogP contribution in [-0.2, 0) is 0 Å². The average molecular weight is 328 g/mol. The molecule has 0 bridgehead atoms. The molecule has 1 aromatic rings. The van der Waals surface area contributed by atoms with Crippen LogP contribution in [0.3, 0.4) is 0 Å². The van der Waals surface area contributed by atoms with E-state index in [0.717, 1.165) is 24.0 Å². The van der Waals surface area contributed by atoms with E-state index < -0.39 is 0 Å². The molecule has 0 radical (unpaired) electrons. The number of aldehydes is 1. The molecule has 1 aromatic heterocycles. The van der Waals surface area contributed by atoms with Gasteiger partial charge in [0.2, 0.25) is 0 Å². The number of hydrogen-bond donors (Lipinski definition) is 0. The van der Waals surface area contributed by atoms with Crippen molar-refractivity contribution in [3.63, 3.8) is 0 Å². The topological polar surface area (TPSA) is 34.4 Å². The molecule has 0 spiro atoms. The Labute approximate surface area is 148 Å². The highest BCUT2D eigenvalue weighted by Crippen LogP contribution is 2.46.